The van der Waals surface area contributed by atoms with Crippen LogP contribution >= 0.6 is 15.9 Å². The van der Waals surface area contributed by atoms with E-state index in [1.807, 2.05) is 12.1 Å². The summed E-state index contributed by atoms with van der Waals surface area (Å²) in [6.45, 7) is 2.77. The molecule has 2 rings (SSSR count). The summed E-state index contributed by atoms with van der Waals surface area (Å²) < 4.78 is 0.929. The van der Waals surface area contributed by atoms with E-state index in [2.05, 4.69) is 33.5 Å². The Morgan fingerprint density at radius 1 is 1.13 bits per heavy atom. The van der Waals surface area contributed by atoms with E-state index in [0.717, 1.165) is 36.6 Å². The normalized spacial score (nSPS) is 16.6. The highest BCUT2D eigenvalue weighted by Crippen LogP contribution is 2.29. The van der Waals surface area contributed by atoms with E-state index in [9.17, 15) is 9.59 Å². The number of hydrogen-bond donors (Lipinski definition) is 2. The van der Waals surface area contributed by atoms with Gasteiger partial charge in [0.25, 0.3) is 5.91 Å². The maximum absolute atomic E-state index is 12.7. The van der Waals surface area contributed by atoms with Gasteiger partial charge in [-0.05, 0) is 43.5 Å². The molecule has 0 spiro atoms. The minimum atomic E-state index is -0.754. The molecule has 0 bridgehead atoms. The van der Waals surface area contributed by atoms with Gasteiger partial charge < -0.3 is 10.6 Å². The van der Waals surface area contributed by atoms with Crippen molar-refractivity contribution >= 4 is 27.7 Å². The Hall–Kier alpha value is -1.36. The molecule has 1 fully saturated rings. The van der Waals surface area contributed by atoms with Crippen LogP contribution in [-0.4, -0.2) is 23.9 Å². The molecule has 1 saturated carbocycles. The monoisotopic (exact) mass is 380 g/mol. The van der Waals surface area contributed by atoms with E-state index in [0.29, 0.717) is 24.9 Å². The van der Waals surface area contributed by atoms with Gasteiger partial charge in [0.15, 0.2) is 0 Å². The number of hydrogen-bond acceptors (Lipinski definition) is 2. The van der Waals surface area contributed by atoms with Crippen molar-refractivity contribution in [2.24, 2.45) is 0 Å². The molecule has 1 aromatic carbocycles. The van der Waals surface area contributed by atoms with Gasteiger partial charge in [0, 0.05) is 16.6 Å². The zero-order chi connectivity index (χ0) is 16.7. The third-order valence-corrected chi connectivity index (χ3v) is 4.95. The molecule has 23 heavy (non-hydrogen) atoms. The van der Waals surface area contributed by atoms with Gasteiger partial charge in [0.1, 0.15) is 5.54 Å². The first-order valence-corrected chi connectivity index (χ1v) is 9.23. The van der Waals surface area contributed by atoms with Crippen LogP contribution in [0.5, 0.6) is 0 Å². The molecule has 0 aliphatic heterocycles. The lowest BCUT2D eigenvalue weighted by Gasteiger charge is -2.36. The number of rotatable bonds is 6. The van der Waals surface area contributed by atoms with Crippen molar-refractivity contribution in [3.8, 4) is 0 Å². The first-order valence-electron chi connectivity index (χ1n) is 8.44. The average molecular weight is 381 g/mol. The molecule has 2 N–H and O–H groups in total. The maximum Gasteiger partial charge on any atom is 0.252 e. The SMILES string of the molecule is CCCCNC(=O)C1(NC(=O)c2ccc(Br)cc2)CCCCC1. The summed E-state index contributed by atoms with van der Waals surface area (Å²) in [5.74, 6) is -0.207. The van der Waals surface area contributed by atoms with Gasteiger partial charge in [-0.25, -0.2) is 0 Å². The fourth-order valence-electron chi connectivity index (χ4n) is 3.00. The van der Waals surface area contributed by atoms with Gasteiger partial charge in [-0.3, -0.25) is 9.59 Å². The molecule has 5 heteroatoms. The molecule has 1 aliphatic rings. The first-order chi connectivity index (χ1) is 11.1. The zero-order valence-electron chi connectivity index (χ0n) is 13.7. The highest BCUT2D eigenvalue weighted by atomic mass is 79.9. The standard InChI is InChI=1S/C18H25BrN2O2/c1-2-3-13-20-17(23)18(11-5-4-6-12-18)21-16(22)14-7-9-15(19)10-8-14/h7-10H,2-6,11-13H2,1H3,(H,20,23)(H,21,22). The Bertz CT molecular complexity index is 536. The van der Waals surface area contributed by atoms with Crippen molar-refractivity contribution in [2.75, 3.05) is 6.54 Å². The van der Waals surface area contributed by atoms with Gasteiger partial charge in [0.2, 0.25) is 5.91 Å². The molecular formula is C18H25BrN2O2. The van der Waals surface area contributed by atoms with E-state index in [1.54, 1.807) is 12.1 Å². The van der Waals surface area contributed by atoms with Crippen LogP contribution in [0.3, 0.4) is 0 Å². The molecule has 1 aliphatic carbocycles. The lowest BCUT2D eigenvalue weighted by atomic mass is 9.80. The van der Waals surface area contributed by atoms with Gasteiger partial charge in [0.05, 0.1) is 0 Å². The average Bonchev–Trinajstić information content (AvgIpc) is 2.56. The van der Waals surface area contributed by atoms with Crippen molar-refractivity contribution in [3.05, 3.63) is 34.3 Å². The van der Waals surface area contributed by atoms with Crippen LogP contribution in [0.15, 0.2) is 28.7 Å². The molecule has 0 radical (unpaired) electrons. The smallest absolute Gasteiger partial charge is 0.252 e. The predicted octanol–water partition coefficient (Wildman–Crippen LogP) is 3.80. The van der Waals surface area contributed by atoms with Crippen LogP contribution in [-0.2, 0) is 4.79 Å². The first kappa shape index (κ1) is 18.0. The molecule has 4 nitrogen and oxygen atoms in total. The predicted molar refractivity (Wildman–Crippen MR) is 95.3 cm³/mol. The number of halogens is 1. The minimum absolute atomic E-state index is 0.0314. The van der Waals surface area contributed by atoms with Crippen LogP contribution < -0.4 is 10.6 Å². The molecule has 1 aromatic rings. The van der Waals surface area contributed by atoms with Crippen molar-refractivity contribution in [3.63, 3.8) is 0 Å². The largest absolute Gasteiger partial charge is 0.354 e. The molecule has 0 aromatic heterocycles. The minimum Gasteiger partial charge on any atom is -0.354 e. The fraction of sp³-hybridized carbons (Fsp3) is 0.556. The van der Waals surface area contributed by atoms with E-state index in [-0.39, 0.29) is 11.8 Å². The molecule has 126 valence electrons. The summed E-state index contributed by atoms with van der Waals surface area (Å²) in [4.78, 5) is 25.2. The zero-order valence-corrected chi connectivity index (χ0v) is 15.2. The van der Waals surface area contributed by atoms with Gasteiger partial charge in [-0.2, -0.15) is 0 Å². The maximum atomic E-state index is 12.7. The van der Waals surface area contributed by atoms with Crippen molar-refractivity contribution < 1.29 is 9.59 Å². The Balaban J connectivity index is 2.09. The number of amides is 2. The molecule has 0 atom stereocenters. The number of carbonyl (C=O) groups excluding carboxylic acids is 2. The van der Waals surface area contributed by atoms with Gasteiger partial charge in [-0.1, -0.05) is 48.5 Å². The summed E-state index contributed by atoms with van der Waals surface area (Å²) in [6.07, 6.45) is 6.50. The molecule has 0 heterocycles. The van der Waals surface area contributed by atoms with Gasteiger partial charge >= 0.3 is 0 Å². The van der Waals surface area contributed by atoms with E-state index < -0.39 is 5.54 Å². The Kier molecular flexibility index (Phi) is 6.63. The quantitative estimate of drug-likeness (QED) is 0.737. The summed E-state index contributed by atoms with van der Waals surface area (Å²) >= 11 is 3.37. The van der Waals surface area contributed by atoms with Crippen LogP contribution in [0.25, 0.3) is 0 Å². The lowest BCUT2D eigenvalue weighted by Crippen LogP contribution is -2.59. The number of benzene rings is 1. The third-order valence-electron chi connectivity index (χ3n) is 4.42. The van der Waals surface area contributed by atoms with E-state index in [1.165, 1.54) is 0 Å². The Morgan fingerprint density at radius 2 is 1.78 bits per heavy atom. The Labute approximate surface area is 146 Å². The van der Waals surface area contributed by atoms with E-state index >= 15 is 0 Å². The number of carbonyl (C=O) groups is 2. The van der Waals surface area contributed by atoms with Crippen molar-refractivity contribution in [2.45, 2.75) is 57.4 Å². The lowest BCUT2D eigenvalue weighted by molar-refractivity contribution is -0.128. The molecule has 0 unspecified atom stereocenters. The second-order valence-corrected chi connectivity index (χ2v) is 7.13. The van der Waals surface area contributed by atoms with Crippen molar-refractivity contribution in [1.82, 2.24) is 10.6 Å². The van der Waals surface area contributed by atoms with Gasteiger partial charge in [-0.15, -0.1) is 0 Å². The molecular weight excluding hydrogens is 356 g/mol. The summed E-state index contributed by atoms with van der Waals surface area (Å²) in [6, 6.07) is 7.21. The van der Waals surface area contributed by atoms with Crippen LogP contribution in [0, 0.1) is 0 Å². The topological polar surface area (TPSA) is 58.2 Å². The van der Waals surface area contributed by atoms with Crippen molar-refractivity contribution in [1.29, 1.82) is 0 Å². The molecule has 0 saturated heterocycles. The third kappa shape index (κ3) is 4.80. The summed E-state index contributed by atoms with van der Waals surface area (Å²) in [7, 11) is 0. The van der Waals surface area contributed by atoms with Crippen LogP contribution in [0.2, 0.25) is 0 Å². The van der Waals surface area contributed by atoms with Crippen LogP contribution in [0.4, 0.5) is 0 Å². The second-order valence-electron chi connectivity index (χ2n) is 6.21. The number of nitrogens with one attached hydrogen (secondary N) is 2. The second kappa shape index (κ2) is 8.48. The highest BCUT2D eigenvalue weighted by molar-refractivity contribution is 9.10. The molecule has 2 amide bonds. The summed E-state index contributed by atoms with van der Waals surface area (Å²) in [5, 5.41) is 6.03. The Morgan fingerprint density at radius 3 is 2.39 bits per heavy atom. The number of unbranched alkanes of at least 4 members (excludes halogenated alkanes) is 1. The fourth-order valence-corrected chi connectivity index (χ4v) is 3.27. The van der Waals surface area contributed by atoms with E-state index in [4.69, 9.17) is 0 Å². The highest BCUT2D eigenvalue weighted by Gasteiger charge is 2.40. The summed E-state index contributed by atoms with van der Waals surface area (Å²) in [5.41, 5.74) is -0.171. The van der Waals surface area contributed by atoms with Crippen LogP contribution in [0.1, 0.15) is 62.2 Å².